The van der Waals surface area contributed by atoms with Crippen LogP contribution in [-0.4, -0.2) is 15.0 Å². The highest BCUT2D eigenvalue weighted by molar-refractivity contribution is 5.92. The molecule has 0 fully saturated rings. The average molecular weight is 277 g/mol. The number of aryl methyl sites for hydroxylation is 2. The second-order valence-corrected chi connectivity index (χ2v) is 5.52. The van der Waals surface area contributed by atoms with Gasteiger partial charge in [0, 0.05) is 22.2 Å². The van der Waals surface area contributed by atoms with Gasteiger partial charge in [0.15, 0.2) is 0 Å². The molecular formula is C17H15N3O. The lowest BCUT2D eigenvalue weighted by Gasteiger charge is -2.08. The van der Waals surface area contributed by atoms with Crippen molar-refractivity contribution in [3.63, 3.8) is 0 Å². The van der Waals surface area contributed by atoms with E-state index < -0.39 is 0 Å². The fourth-order valence-electron chi connectivity index (χ4n) is 3.07. The Balaban J connectivity index is 2.03. The molecule has 21 heavy (non-hydrogen) atoms. The summed E-state index contributed by atoms with van der Waals surface area (Å²) in [7, 11) is 0. The molecule has 0 bridgehead atoms. The maximum atomic E-state index is 12.2. The summed E-state index contributed by atoms with van der Waals surface area (Å²) in [5, 5.41) is 1.02. The minimum Gasteiger partial charge on any atom is -0.306 e. The minimum atomic E-state index is 0.00560. The number of nitrogens with zero attached hydrogens (tertiary/aromatic N) is 2. The lowest BCUT2D eigenvalue weighted by atomic mass is 10.1. The van der Waals surface area contributed by atoms with Gasteiger partial charge in [-0.25, -0.2) is 4.98 Å². The van der Waals surface area contributed by atoms with E-state index in [-0.39, 0.29) is 5.56 Å². The Kier molecular flexibility index (Phi) is 2.64. The number of hydrogen-bond acceptors (Lipinski definition) is 3. The van der Waals surface area contributed by atoms with Crippen molar-refractivity contribution < 1.29 is 0 Å². The third kappa shape index (κ3) is 1.95. The first-order valence-corrected chi connectivity index (χ1v) is 7.21. The summed E-state index contributed by atoms with van der Waals surface area (Å²) in [6.07, 6.45) is 2.76. The maximum absolute atomic E-state index is 12.2. The van der Waals surface area contributed by atoms with Gasteiger partial charge in [-0.2, -0.15) is 0 Å². The molecule has 2 heterocycles. The van der Waals surface area contributed by atoms with E-state index in [1.165, 1.54) is 0 Å². The van der Waals surface area contributed by atoms with Crippen LogP contribution in [0.25, 0.3) is 22.3 Å². The fraction of sp³-hybridized carbons (Fsp3) is 0.235. The zero-order valence-electron chi connectivity index (χ0n) is 11.8. The van der Waals surface area contributed by atoms with Crippen molar-refractivity contribution in [1.82, 2.24) is 15.0 Å². The molecule has 0 spiro atoms. The topological polar surface area (TPSA) is 58.6 Å². The van der Waals surface area contributed by atoms with E-state index in [0.717, 1.165) is 52.7 Å². The Morgan fingerprint density at radius 3 is 2.90 bits per heavy atom. The van der Waals surface area contributed by atoms with E-state index in [9.17, 15) is 4.79 Å². The molecular weight excluding hydrogens is 262 g/mol. The molecule has 0 amide bonds. The zero-order valence-corrected chi connectivity index (χ0v) is 11.8. The molecule has 0 saturated carbocycles. The number of pyridine rings is 1. The van der Waals surface area contributed by atoms with Crippen LogP contribution in [0.1, 0.15) is 23.4 Å². The number of aromatic nitrogens is 3. The summed E-state index contributed by atoms with van der Waals surface area (Å²) in [4.78, 5) is 24.4. The van der Waals surface area contributed by atoms with Crippen LogP contribution in [-0.2, 0) is 12.8 Å². The molecule has 3 aromatic rings. The standard InChI is InChI=1S/C17H15N3O/c1-10-9-13(11-5-2-3-7-14(11)18-10)16-19-15-8-4-6-12(15)17(21)20-16/h2-3,5,7,9H,4,6,8H2,1H3,(H,19,20,21). The van der Waals surface area contributed by atoms with Gasteiger partial charge in [0.05, 0.1) is 11.2 Å². The van der Waals surface area contributed by atoms with Crippen molar-refractivity contribution >= 4 is 10.9 Å². The number of aromatic amines is 1. The van der Waals surface area contributed by atoms with Crippen LogP contribution in [0.2, 0.25) is 0 Å². The number of H-pyrrole nitrogens is 1. The number of rotatable bonds is 1. The molecule has 4 rings (SSSR count). The van der Waals surface area contributed by atoms with Gasteiger partial charge in [-0.3, -0.25) is 9.78 Å². The molecule has 0 atom stereocenters. The molecule has 0 radical (unpaired) electrons. The molecule has 0 aliphatic heterocycles. The Bertz CT molecular complexity index is 912. The molecule has 104 valence electrons. The van der Waals surface area contributed by atoms with Crippen molar-refractivity contribution in [3.05, 3.63) is 57.6 Å². The van der Waals surface area contributed by atoms with E-state index in [1.54, 1.807) is 0 Å². The Morgan fingerprint density at radius 2 is 2.00 bits per heavy atom. The Hall–Kier alpha value is -2.49. The van der Waals surface area contributed by atoms with Crippen LogP contribution in [0.15, 0.2) is 35.1 Å². The molecule has 0 unspecified atom stereocenters. The van der Waals surface area contributed by atoms with Crippen molar-refractivity contribution in [2.75, 3.05) is 0 Å². The quantitative estimate of drug-likeness (QED) is 0.744. The summed E-state index contributed by atoms with van der Waals surface area (Å²) in [5.74, 6) is 0.655. The number of nitrogens with one attached hydrogen (secondary N) is 1. The van der Waals surface area contributed by atoms with E-state index in [0.29, 0.717) is 5.82 Å². The van der Waals surface area contributed by atoms with Gasteiger partial charge >= 0.3 is 0 Å². The van der Waals surface area contributed by atoms with Crippen molar-refractivity contribution in [2.24, 2.45) is 0 Å². The van der Waals surface area contributed by atoms with Crippen LogP contribution in [0.5, 0.6) is 0 Å². The van der Waals surface area contributed by atoms with Gasteiger partial charge in [-0.1, -0.05) is 18.2 Å². The number of para-hydroxylation sites is 1. The molecule has 1 aliphatic rings. The first kappa shape index (κ1) is 12.3. The van der Waals surface area contributed by atoms with Gasteiger partial charge in [0.2, 0.25) is 0 Å². The van der Waals surface area contributed by atoms with Crippen LogP contribution in [0, 0.1) is 6.92 Å². The molecule has 2 aromatic heterocycles. The predicted octanol–water partition coefficient (Wildman–Crippen LogP) is 2.78. The molecule has 1 N–H and O–H groups in total. The summed E-state index contributed by atoms with van der Waals surface area (Å²) in [6, 6.07) is 9.94. The van der Waals surface area contributed by atoms with E-state index in [2.05, 4.69) is 9.97 Å². The molecule has 1 aliphatic carbocycles. The van der Waals surface area contributed by atoms with Crippen LogP contribution in [0.4, 0.5) is 0 Å². The van der Waals surface area contributed by atoms with Gasteiger partial charge in [0.25, 0.3) is 5.56 Å². The van der Waals surface area contributed by atoms with Crippen LogP contribution < -0.4 is 5.56 Å². The minimum absolute atomic E-state index is 0.00560. The highest BCUT2D eigenvalue weighted by Gasteiger charge is 2.18. The van der Waals surface area contributed by atoms with Gasteiger partial charge < -0.3 is 4.98 Å². The summed E-state index contributed by atoms with van der Waals surface area (Å²) in [6.45, 7) is 1.96. The first-order chi connectivity index (χ1) is 10.2. The third-order valence-electron chi connectivity index (χ3n) is 4.04. The summed E-state index contributed by atoms with van der Waals surface area (Å²) >= 11 is 0. The van der Waals surface area contributed by atoms with Crippen LogP contribution >= 0.6 is 0 Å². The third-order valence-corrected chi connectivity index (χ3v) is 4.04. The lowest BCUT2D eigenvalue weighted by molar-refractivity contribution is 0.899. The molecule has 0 saturated heterocycles. The van der Waals surface area contributed by atoms with E-state index in [1.807, 2.05) is 37.3 Å². The van der Waals surface area contributed by atoms with Gasteiger partial charge in [-0.15, -0.1) is 0 Å². The number of fused-ring (bicyclic) bond motifs is 2. The van der Waals surface area contributed by atoms with Crippen LogP contribution in [0.3, 0.4) is 0 Å². The van der Waals surface area contributed by atoms with Crippen molar-refractivity contribution in [1.29, 1.82) is 0 Å². The lowest BCUT2D eigenvalue weighted by Crippen LogP contribution is -2.15. The Morgan fingerprint density at radius 1 is 1.14 bits per heavy atom. The second kappa shape index (κ2) is 4.52. The average Bonchev–Trinajstić information content (AvgIpc) is 2.95. The van der Waals surface area contributed by atoms with Gasteiger partial charge in [-0.05, 0) is 38.3 Å². The second-order valence-electron chi connectivity index (χ2n) is 5.52. The largest absolute Gasteiger partial charge is 0.306 e. The van der Waals surface area contributed by atoms with E-state index in [4.69, 9.17) is 4.98 Å². The predicted molar refractivity (Wildman–Crippen MR) is 82.4 cm³/mol. The zero-order chi connectivity index (χ0) is 14.4. The SMILES string of the molecule is Cc1cc(-c2nc3c(c(=O)[nH]2)CCC3)c2ccccc2n1. The van der Waals surface area contributed by atoms with Crippen molar-refractivity contribution in [3.8, 4) is 11.4 Å². The highest BCUT2D eigenvalue weighted by Crippen LogP contribution is 2.27. The molecule has 4 heteroatoms. The Labute approximate surface area is 121 Å². The summed E-state index contributed by atoms with van der Waals surface area (Å²) < 4.78 is 0. The molecule has 1 aromatic carbocycles. The highest BCUT2D eigenvalue weighted by atomic mass is 16.1. The van der Waals surface area contributed by atoms with E-state index >= 15 is 0 Å². The molecule has 4 nitrogen and oxygen atoms in total. The first-order valence-electron chi connectivity index (χ1n) is 7.21. The van der Waals surface area contributed by atoms with Gasteiger partial charge in [0.1, 0.15) is 5.82 Å². The monoisotopic (exact) mass is 277 g/mol. The van der Waals surface area contributed by atoms with Crippen molar-refractivity contribution in [2.45, 2.75) is 26.2 Å². The normalized spacial score (nSPS) is 13.6. The summed E-state index contributed by atoms with van der Waals surface area (Å²) in [5.41, 5.74) is 4.61. The fourth-order valence-corrected chi connectivity index (χ4v) is 3.07. The maximum Gasteiger partial charge on any atom is 0.254 e. The number of benzene rings is 1. The number of hydrogen-bond donors (Lipinski definition) is 1. The smallest absolute Gasteiger partial charge is 0.254 e.